The molecule has 0 N–H and O–H groups in total. The number of nitrogens with zero attached hydrogens (tertiary/aromatic N) is 1. The fourth-order valence-corrected chi connectivity index (χ4v) is 1.59. The minimum atomic E-state index is -1.22. The molecule has 0 aliphatic carbocycles. The second-order valence-electron chi connectivity index (χ2n) is 4.15. The quantitative estimate of drug-likeness (QED) is 0.580. The van der Waals surface area contributed by atoms with Crippen molar-refractivity contribution in [3.05, 3.63) is 34.9 Å². The molecule has 0 radical (unpaired) electrons. The van der Waals surface area contributed by atoms with Crippen LogP contribution in [0.2, 0.25) is 5.02 Å². The Morgan fingerprint density at radius 2 is 2.07 bits per heavy atom. The number of hydrogen-bond donors (Lipinski definition) is 0. The van der Waals surface area contributed by atoms with Gasteiger partial charge in [-0.3, -0.25) is 0 Å². The third-order valence-electron chi connectivity index (χ3n) is 1.67. The Morgan fingerprint density at radius 3 is 2.60 bits per heavy atom. The maximum atomic E-state index is 11.6. The summed E-state index contributed by atoms with van der Waals surface area (Å²) in [6.07, 6.45) is 1.59. The Morgan fingerprint density at radius 1 is 1.40 bits per heavy atom. The van der Waals surface area contributed by atoms with E-state index in [1.54, 1.807) is 18.3 Å². The van der Waals surface area contributed by atoms with Gasteiger partial charge in [-0.05, 0) is 38.5 Å². The fourth-order valence-electron chi connectivity index (χ4n) is 0.854. The summed E-state index contributed by atoms with van der Waals surface area (Å²) >= 11 is 4.59. The van der Waals surface area contributed by atoms with Crippen molar-refractivity contribution in [3.8, 4) is 0 Å². The zero-order valence-corrected chi connectivity index (χ0v) is 10.6. The van der Waals surface area contributed by atoms with E-state index in [9.17, 15) is 4.55 Å². The van der Waals surface area contributed by atoms with E-state index in [-0.39, 0.29) is 4.75 Å². The molecule has 0 heterocycles. The van der Waals surface area contributed by atoms with Crippen LogP contribution in [0.5, 0.6) is 0 Å². The van der Waals surface area contributed by atoms with Gasteiger partial charge in [0.1, 0.15) is 16.1 Å². The predicted molar refractivity (Wildman–Crippen MR) is 66.9 cm³/mol. The van der Waals surface area contributed by atoms with Crippen molar-refractivity contribution in [1.29, 1.82) is 0 Å². The molecule has 0 aliphatic rings. The third-order valence-corrected chi connectivity index (χ3v) is 3.25. The van der Waals surface area contributed by atoms with Gasteiger partial charge in [0, 0.05) is 5.02 Å². The number of rotatable bonds is 2. The first kappa shape index (κ1) is 12.6. The molecule has 1 atom stereocenters. The van der Waals surface area contributed by atoms with Crippen LogP contribution < -0.4 is 0 Å². The van der Waals surface area contributed by atoms with Crippen molar-refractivity contribution in [1.82, 2.24) is 0 Å². The van der Waals surface area contributed by atoms with Crippen LogP contribution in [0.4, 0.5) is 0 Å². The van der Waals surface area contributed by atoms with Gasteiger partial charge in [0.25, 0.3) is 0 Å². The van der Waals surface area contributed by atoms with E-state index in [4.69, 9.17) is 11.6 Å². The van der Waals surface area contributed by atoms with Gasteiger partial charge in [-0.1, -0.05) is 28.1 Å². The Bertz CT molecular complexity index is 360. The lowest BCUT2D eigenvalue weighted by Gasteiger charge is -2.17. The maximum Gasteiger partial charge on any atom is 0.144 e. The lowest BCUT2D eigenvalue weighted by Crippen LogP contribution is -2.25. The molecule has 0 aliphatic heterocycles. The number of halogens is 1. The van der Waals surface area contributed by atoms with Crippen LogP contribution in [-0.2, 0) is 11.4 Å². The van der Waals surface area contributed by atoms with Crippen molar-refractivity contribution >= 4 is 29.2 Å². The van der Waals surface area contributed by atoms with Gasteiger partial charge in [-0.25, -0.2) is 0 Å². The van der Waals surface area contributed by atoms with Crippen LogP contribution in [0, 0.1) is 0 Å². The van der Waals surface area contributed by atoms with Gasteiger partial charge in [0.15, 0.2) is 0 Å². The van der Waals surface area contributed by atoms with Crippen molar-refractivity contribution < 1.29 is 4.55 Å². The first-order valence-corrected chi connectivity index (χ1v) is 6.10. The normalized spacial score (nSPS) is 14.5. The summed E-state index contributed by atoms with van der Waals surface area (Å²) in [5, 5.41) is 0.653. The fraction of sp³-hybridized carbons (Fsp3) is 0.364. The largest absolute Gasteiger partial charge is 0.591 e. The highest BCUT2D eigenvalue weighted by molar-refractivity contribution is 7.91. The average molecular weight is 244 g/mol. The molecule has 0 aromatic heterocycles. The molecule has 0 saturated carbocycles. The van der Waals surface area contributed by atoms with Gasteiger partial charge >= 0.3 is 0 Å². The van der Waals surface area contributed by atoms with Crippen LogP contribution >= 0.6 is 11.6 Å². The maximum absolute atomic E-state index is 11.6. The van der Waals surface area contributed by atoms with Crippen molar-refractivity contribution in [3.63, 3.8) is 0 Å². The first-order chi connectivity index (χ1) is 6.89. The second-order valence-corrected chi connectivity index (χ2v) is 6.52. The summed E-state index contributed by atoms with van der Waals surface area (Å²) in [4.78, 5) is 0. The van der Waals surface area contributed by atoms with Crippen LogP contribution in [0.25, 0.3) is 0 Å². The first-order valence-electron chi connectivity index (χ1n) is 4.61. The van der Waals surface area contributed by atoms with E-state index >= 15 is 0 Å². The Kier molecular flexibility index (Phi) is 4.20. The summed E-state index contributed by atoms with van der Waals surface area (Å²) in [5.41, 5.74) is 0.861. The Labute approximate surface area is 98.7 Å². The van der Waals surface area contributed by atoms with E-state index in [0.29, 0.717) is 5.02 Å². The van der Waals surface area contributed by atoms with Crippen molar-refractivity contribution in [2.45, 2.75) is 25.5 Å². The molecule has 0 amide bonds. The highest BCUT2D eigenvalue weighted by Crippen LogP contribution is 2.17. The molecular formula is C11H14ClNOS. The van der Waals surface area contributed by atoms with Gasteiger partial charge in [-0.15, -0.1) is 0 Å². The molecule has 2 nitrogen and oxygen atoms in total. The summed E-state index contributed by atoms with van der Waals surface area (Å²) in [6.45, 7) is 5.66. The molecule has 0 unspecified atom stereocenters. The molecular weight excluding hydrogens is 230 g/mol. The van der Waals surface area contributed by atoms with Crippen LogP contribution in [0.3, 0.4) is 0 Å². The summed E-state index contributed by atoms with van der Waals surface area (Å²) < 4.78 is 15.3. The molecule has 1 rings (SSSR count). The van der Waals surface area contributed by atoms with E-state index in [2.05, 4.69) is 4.40 Å². The van der Waals surface area contributed by atoms with Gasteiger partial charge in [-0.2, -0.15) is 0 Å². The zero-order valence-electron chi connectivity index (χ0n) is 9.03. The molecule has 0 saturated heterocycles. The SMILES string of the molecule is CC(C)(C)[S@@+]([O-])/N=C/c1cccc(Cl)c1. The van der Waals surface area contributed by atoms with Crippen molar-refractivity contribution in [2.75, 3.05) is 0 Å². The van der Waals surface area contributed by atoms with Crippen molar-refractivity contribution in [2.24, 2.45) is 4.40 Å². The Balaban J connectivity index is 2.74. The summed E-state index contributed by atoms with van der Waals surface area (Å²) in [5.74, 6) is 0. The molecule has 82 valence electrons. The van der Waals surface area contributed by atoms with E-state index in [1.165, 1.54) is 0 Å². The average Bonchev–Trinajstić information content (AvgIpc) is 2.12. The summed E-state index contributed by atoms with van der Waals surface area (Å²) in [6, 6.07) is 7.28. The Hall–Kier alpha value is -0.510. The minimum Gasteiger partial charge on any atom is -0.591 e. The molecule has 1 aromatic rings. The second kappa shape index (κ2) is 5.01. The molecule has 15 heavy (non-hydrogen) atoms. The van der Waals surface area contributed by atoms with E-state index in [0.717, 1.165) is 5.56 Å². The minimum absolute atomic E-state index is 0.324. The van der Waals surface area contributed by atoms with Gasteiger partial charge in [0.05, 0.1) is 6.21 Å². The van der Waals surface area contributed by atoms with Gasteiger partial charge in [0.2, 0.25) is 0 Å². The zero-order chi connectivity index (χ0) is 11.5. The highest BCUT2D eigenvalue weighted by Gasteiger charge is 2.25. The lowest BCUT2D eigenvalue weighted by atomic mass is 10.2. The summed E-state index contributed by atoms with van der Waals surface area (Å²) in [7, 11) is 0. The topological polar surface area (TPSA) is 35.4 Å². The van der Waals surface area contributed by atoms with Crippen LogP contribution in [-0.4, -0.2) is 15.5 Å². The monoisotopic (exact) mass is 243 g/mol. The predicted octanol–water partition coefficient (Wildman–Crippen LogP) is 3.22. The standard InChI is InChI=1S/C11H14ClNOS/c1-11(2,3)15(14)13-8-9-5-4-6-10(12)7-9/h4-8H,1-3H3/b13-8+/t15-/m1/s1. The lowest BCUT2D eigenvalue weighted by molar-refractivity contribution is 0.562. The number of benzene rings is 1. The van der Waals surface area contributed by atoms with Crippen LogP contribution in [0.15, 0.2) is 28.7 Å². The molecule has 0 bridgehead atoms. The van der Waals surface area contributed by atoms with E-state index in [1.807, 2.05) is 32.9 Å². The van der Waals surface area contributed by atoms with Gasteiger partial charge < -0.3 is 4.55 Å². The highest BCUT2D eigenvalue weighted by atomic mass is 35.5. The molecule has 0 spiro atoms. The molecule has 1 aromatic carbocycles. The van der Waals surface area contributed by atoms with E-state index < -0.39 is 11.4 Å². The smallest absolute Gasteiger partial charge is 0.144 e. The molecule has 0 fully saturated rings. The molecule has 4 heteroatoms. The van der Waals surface area contributed by atoms with Crippen LogP contribution in [0.1, 0.15) is 26.3 Å². The number of hydrogen-bond acceptors (Lipinski definition) is 2. The third kappa shape index (κ3) is 4.24.